The third-order valence-electron chi connectivity index (χ3n) is 4.79. The van der Waals surface area contributed by atoms with E-state index in [2.05, 4.69) is 5.59 Å². The van der Waals surface area contributed by atoms with Crippen molar-refractivity contribution in [2.24, 2.45) is 11.8 Å². The fourth-order valence-electron chi connectivity index (χ4n) is 2.78. The largest absolute Gasteiger partial charge is 0.481 e. The van der Waals surface area contributed by atoms with Crippen molar-refractivity contribution in [2.75, 3.05) is 7.05 Å². The molecular weight excluding hydrogens is 298 g/mol. The first-order valence-corrected chi connectivity index (χ1v) is 8.50. The van der Waals surface area contributed by atoms with Crippen LogP contribution in [0, 0.1) is 16.7 Å². The zero-order valence-corrected chi connectivity index (χ0v) is 15.0. The summed E-state index contributed by atoms with van der Waals surface area (Å²) in [4.78, 5) is 29.1. The smallest absolute Gasteiger partial charge is 0.306 e. The lowest BCUT2D eigenvalue weighted by Crippen LogP contribution is -2.50. The number of hydrogen-bond acceptors (Lipinski definition) is 3. The Balaban J connectivity index is 2.32. The fourth-order valence-corrected chi connectivity index (χ4v) is 2.78. The summed E-state index contributed by atoms with van der Waals surface area (Å²) in [6, 6.07) is 0. The Kier molecular flexibility index (Phi) is 7.25. The number of nitrogens with one attached hydrogen (secondary N) is 1. The van der Waals surface area contributed by atoms with E-state index in [4.69, 9.17) is 9.94 Å². The zero-order valence-electron chi connectivity index (χ0n) is 15.0. The van der Waals surface area contributed by atoms with Crippen LogP contribution in [0.3, 0.4) is 0 Å². The van der Waals surface area contributed by atoms with E-state index in [0.717, 1.165) is 32.1 Å². The fraction of sp³-hybridized carbons (Fsp3) is 0.938. The van der Waals surface area contributed by atoms with Crippen LogP contribution in [-0.4, -0.2) is 39.8 Å². The lowest BCUT2D eigenvalue weighted by Gasteiger charge is -2.29. The first-order chi connectivity index (χ1) is 10.6. The van der Waals surface area contributed by atoms with Gasteiger partial charge in [0.05, 0.1) is 29.5 Å². The highest BCUT2D eigenvalue weighted by Gasteiger charge is 2.32. The predicted octanol–water partition coefficient (Wildman–Crippen LogP) is 2.91. The molecule has 0 heterocycles. The maximum absolute atomic E-state index is 11.9. The van der Waals surface area contributed by atoms with Gasteiger partial charge in [-0.15, -0.1) is 5.01 Å². The number of aliphatic carboxylic acids is 1. The second kappa shape index (κ2) is 8.47. The Morgan fingerprint density at radius 3 is 2.35 bits per heavy atom. The molecule has 1 atom stereocenters. The molecular formula is C16H32N3O4+. The Morgan fingerprint density at radius 2 is 1.91 bits per heavy atom. The number of carboxylic acids is 1. The van der Waals surface area contributed by atoms with Crippen LogP contribution < -0.4 is 5.59 Å². The monoisotopic (exact) mass is 330 g/mol. The number of nitroso groups, excluding NO2 is 1. The lowest BCUT2D eigenvalue weighted by molar-refractivity contribution is -0.797. The number of hydrogen-bond donors (Lipinski definition) is 2. The van der Waals surface area contributed by atoms with Crippen molar-refractivity contribution >= 4 is 5.97 Å². The standard InChI is InChI=1S/C16H31N3O4/c1-6-13(15(20)21)11-12-7-9-14(10-8-12)23-17-19(22)18(5)16(2,3)4/h12-14H,6-11H2,1-5H3,(H-,17,20,21,22)/p+1. The molecule has 1 rings (SSSR count). The van der Waals surface area contributed by atoms with Gasteiger partial charge in [-0.3, -0.25) is 4.79 Å². The summed E-state index contributed by atoms with van der Waals surface area (Å²) in [5.74, 6) is -0.496. The molecule has 23 heavy (non-hydrogen) atoms. The molecule has 1 unspecified atom stereocenters. The van der Waals surface area contributed by atoms with Gasteiger partial charge in [0.1, 0.15) is 0 Å². The van der Waals surface area contributed by atoms with Gasteiger partial charge in [0.15, 0.2) is 0 Å². The van der Waals surface area contributed by atoms with Crippen molar-refractivity contribution in [1.82, 2.24) is 10.6 Å². The highest BCUT2D eigenvalue weighted by atomic mass is 16.7. The molecule has 0 saturated heterocycles. The van der Waals surface area contributed by atoms with Crippen LogP contribution in [-0.2, 0) is 9.63 Å². The van der Waals surface area contributed by atoms with Gasteiger partial charge in [0.2, 0.25) is 0 Å². The van der Waals surface area contributed by atoms with Gasteiger partial charge in [-0.05, 0) is 65.2 Å². The Hall–Kier alpha value is -1.37. The maximum atomic E-state index is 11.9. The molecule has 0 aromatic heterocycles. The normalized spacial score (nSPS) is 23.2. The van der Waals surface area contributed by atoms with E-state index in [-0.39, 0.29) is 17.6 Å². The van der Waals surface area contributed by atoms with Crippen LogP contribution in [0.15, 0.2) is 0 Å². The van der Waals surface area contributed by atoms with Crippen molar-refractivity contribution in [3.8, 4) is 0 Å². The van der Waals surface area contributed by atoms with E-state index in [1.165, 1.54) is 5.01 Å². The lowest BCUT2D eigenvalue weighted by atomic mass is 9.81. The van der Waals surface area contributed by atoms with Gasteiger partial charge >= 0.3 is 5.97 Å². The molecule has 1 fully saturated rings. The first kappa shape index (κ1) is 19.7. The summed E-state index contributed by atoms with van der Waals surface area (Å²) < 4.78 is 0. The number of carboxylic acid groups (broad SMARTS) is 1. The third kappa shape index (κ3) is 6.33. The summed E-state index contributed by atoms with van der Waals surface area (Å²) in [5.41, 5.74) is 2.16. The van der Waals surface area contributed by atoms with E-state index in [9.17, 15) is 9.70 Å². The summed E-state index contributed by atoms with van der Waals surface area (Å²) in [6.07, 6.45) is 5.01. The number of carbonyl (C=O) groups is 1. The zero-order chi connectivity index (χ0) is 17.6. The van der Waals surface area contributed by atoms with Crippen molar-refractivity contribution < 1.29 is 19.7 Å². The number of rotatable bonds is 8. The van der Waals surface area contributed by atoms with Gasteiger partial charge in [-0.25, -0.2) is 4.84 Å². The molecule has 0 radical (unpaired) electrons. The molecule has 2 N–H and O–H groups in total. The highest BCUT2D eigenvalue weighted by Crippen LogP contribution is 2.31. The second-order valence-corrected chi connectivity index (χ2v) is 7.50. The topological polar surface area (TPSA) is 81.9 Å². The summed E-state index contributed by atoms with van der Waals surface area (Å²) >= 11 is 0. The Morgan fingerprint density at radius 1 is 1.35 bits per heavy atom. The second-order valence-electron chi connectivity index (χ2n) is 7.50. The van der Waals surface area contributed by atoms with Crippen molar-refractivity contribution in [3.05, 3.63) is 4.91 Å². The van der Waals surface area contributed by atoms with Crippen molar-refractivity contribution in [1.29, 1.82) is 0 Å². The average Bonchev–Trinajstić information content (AvgIpc) is 2.49. The molecule has 0 aromatic rings. The molecule has 0 amide bonds. The van der Waals surface area contributed by atoms with Gasteiger partial charge < -0.3 is 5.11 Å². The minimum Gasteiger partial charge on any atom is -0.481 e. The van der Waals surface area contributed by atoms with Gasteiger partial charge in [0, 0.05) is 5.59 Å². The Bertz CT molecular complexity index is 401. The predicted molar refractivity (Wildman–Crippen MR) is 87.1 cm³/mol. The van der Waals surface area contributed by atoms with Crippen molar-refractivity contribution in [2.45, 2.75) is 77.9 Å². The van der Waals surface area contributed by atoms with Crippen LogP contribution in [0.25, 0.3) is 0 Å². The molecule has 1 aliphatic rings. The Labute approximate surface area is 138 Å². The molecule has 7 heteroatoms. The van der Waals surface area contributed by atoms with Crippen LogP contribution in [0.5, 0.6) is 0 Å². The average molecular weight is 330 g/mol. The highest BCUT2D eigenvalue weighted by molar-refractivity contribution is 5.69. The third-order valence-corrected chi connectivity index (χ3v) is 4.79. The first-order valence-electron chi connectivity index (χ1n) is 8.50. The van der Waals surface area contributed by atoms with E-state index < -0.39 is 5.97 Å². The van der Waals surface area contributed by atoms with E-state index in [0.29, 0.717) is 17.3 Å². The summed E-state index contributed by atoms with van der Waals surface area (Å²) in [7, 11) is 1.71. The molecule has 0 aliphatic heterocycles. The van der Waals surface area contributed by atoms with E-state index in [1.54, 1.807) is 7.05 Å². The van der Waals surface area contributed by atoms with Gasteiger partial charge in [-0.2, -0.15) is 0 Å². The quantitative estimate of drug-likeness (QED) is 0.526. The SMILES string of the molecule is CCC(CC1CCC(ON[N+](=O)N(C)C(C)(C)C)CC1)C(=O)O. The summed E-state index contributed by atoms with van der Waals surface area (Å²) in [6.45, 7) is 7.75. The van der Waals surface area contributed by atoms with Crippen LogP contribution in [0.1, 0.15) is 66.2 Å². The number of nitrogens with zero attached hydrogens (tertiary/aromatic N) is 2. The van der Waals surface area contributed by atoms with Gasteiger partial charge in [0.25, 0.3) is 4.98 Å². The summed E-state index contributed by atoms with van der Waals surface area (Å²) in [5, 5.41) is 10.7. The molecule has 1 aliphatic carbocycles. The molecule has 0 aromatic carbocycles. The maximum Gasteiger partial charge on any atom is 0.306 e. The van der Waals surface area contributed by atoms with Crippen LogP contribution in [0.4, 0.5) is 0 Å². The van der Waals surface area contributed by atoms with Crippen LogP contribution in [0.2, 0.25) is 0 Å². The van der Waals surface area contributed by atoms with Gasteiger partial charge in [-0.1, -0.05) is 6.92 Å². The minimum atomic E-state index is -0.695. The molecule has 7 nitrogen and oxygen atoms in total. The number of hydrazine groups is 2. The molecule has 134 valence electrons. The van der Waals surface area contributed by atoms with E-state index >= 15 is 0 Å². The van der Waals surface area contributed by atoms with Crippen molar-refractivity contribution in [3.63, 3.8) is 0 Å². The molecule has 0 bridgehead atoms. The molecule has 1 saturated carbocycles. The van der Waals surface area contributed by atoms with E-state index in [1.807, 2.05) is 27.7 Å². The van der Waals surface area contributed by atoms with Crippen LogP contribution >= 0.6 is 0 Å². The minimum absolute atomic E-state index is 0.000901. The molecule has 0 spiro atoms.